The van der Waals surface area contributed by atoms with Gasteiger partial charge >= 0.3 is 0 Å². The average molecular weight is 274 g/mol. The van der Waals surface area contributed by atoms with E-state index in [0.717, 1.165) is 38.8 Å². The standard InChI is InChI=1S/C17H26N2O/c1-3-8-15(4-2)19-13-18-16(17(19)20)12-11-14-9-6-5-7-10-14/h5-7,9-10,15-16,18H,3-4,8,11-13H2,1-2H3. The van der Waals surface area contributed by atoms with Crippen molar-refractivity contribution >= 4 is 5.91 Å². The normalized spacial score (nSPS) is 20.4. The lowest BCUT2D eigenvalue weighted by Gasteiger charge is -2.26. The summed E-state index contributed by atoms with van der Waals surface area (Å²) in [4.78, 5) is 14.5. The summed E-state index contributed by atoms with van der Waals surface area (Å²) in [6, 6.07) is 10.8. The molecule has 110 valence electrons. The number of amides is 1. The van der Waals surface area contributed by atoms with Crippen molar-refractivity contribution < 1.29 is 4.79 Å². The average Bonchev–Trinajstić information content (AvgIpc) is 2.85. The summed E-state index contributed by atoms with van der Waals surface area (Å²) in [5, 5.41) is 3.38. The Morgan fingerprint density at radius 1 is 1.30 bits per heavy atom. The van der Waals surface area contributed by atoms with Crippen LogP contribution in [0.25, 0.3) is 0 Å². The summed E-state index contributed by atoms with van der Waals surface area (Å²) in [6.07, 6.45) is 5.14. The van der Waals surface area contributed by atoms with Gasteiger partial charge in [0.2, 0.25) is 5.91 Å². The molecule has 1 aromatic carbocycles. The van der Waals surface area contributed by atoms with Crippen LogP contribution >= 0.6 is 0 Å². The van der Waals surface area contributed by atoms with Gasteiger partial charge in [-0.05, 0) is 31.2 Å². The van der Waals surface area contributed by atoms with Crippen LogP contribution in [0.1, 0.15) is 45.1 Å². The number of benzene rings is 1. The first kappa shape index (κ1) is 15.0. The van der Waals surface area contributed by atoms with Gasteiger partial charge in [-0.25, -0.2) is 0 Å². The van der Waals surface area contributed by atoms with Crippen LogP contribution in [0.5, 0.6) is 0 Å². The van der Waals surface area contributed by atoms with Gasteiger partial charge in [-0.2, -0.15) is 0 Å². The maximum absolute atomic E-state index is 12.5. The number of aryl methyl sites for hydroxylation is 1. The molecule has 1 heterocycles. The van der Waals surface area contributed by atoms with Crippen LogP contribution in [0.2, 0.25) is 0 Å². The van der Waals surface area contributed by atoms with Crippen molar-refractivity contribution in [2.45, 2.75) is 58.0 Å². The molecule has 1 fully saturated rings. The Hall–Kier alpha value is -1.35. The first-order chi connectivity index (χ1) is 9.76. The van der Waals surface area contributed by atoms with E-state index >= 15 is 0 Å². The summed E-state index contributed by atoms with van der Waals surface area (Å²) < 4.78 is 0. The largest absolute Gasteiger partial charge is 0.326 e. The molecule has 1 aliphatic rings. The quantitative estimate of drug-likeness (QED) is 0.829. The third-order valence-electron chi connectivity index (χ3n) is 4.19. The molecule has 2 unspecified atom stereocenters. The highest BCUT2D eigenvalue weighted by atomic mass is 16.2. The number of hydrogen-bond acceptors (Lipinski definition) is 2. The zero-order chi connectivity index (χ0) is 14.4. The molecule has 1 amide bonds. The SMILES string of the molecule is CCCC(CC)N1CNC(CCc2ccccc2)C1=O. The summed E-state index contributed by atoms with van der Waals surface area (Å²) in [7, 11) is 0. The lowest BCUT2D eigenvalue weighted by atomic mass is 10.0. The minimum absolute atomic E-state index is 0.00103. The van der Waals surface area contributed by atoms with Gasteiger partial charge in [-0.1, -0.05) is 50.6 Å². The monoisotopic (exact) mass is 274 g/mol. The van der Waals surface area contributed by atoms with Crippen LogP contribution in [0.3, 0.4) is 0 Å². The second-order valence-electron chi connectivity index (χ2n) is 5.60. The lowest BCUT2D eigenvalue weighted by Crippen LogP contribution is -2.38. The van der Waals surface area contributed by atoms with E-state index in [2.05, 4.69) is 43.4 Å². The molecule has 2 rings (SSSR count). The molecule has 0 spiro atoms. The minimum Gasteiger partial charge on any atom is -0.326 e. The number of carbonyl (C=O) groups is 1. The fraction of sp³-hybridized carbons (Fsp3) is 0.588. The second-order valence-corrected chi connectivity index (χ2v) is 5.60. The molecule has 3 heteroatoms. The van der Waals surface area contributed by atoms with Gasteiger partial charge in [0, 0.05) is 6.04 Å². The van der Waals surface area contributed by atoms with Gasteiger partial charge in [0.1, 0.15) is 0 Å². The summed E-state index contributed by atoms with van der Waals surface area (Å²) in [5.74, 6) is 0.293. The molecule has 3 nitrogen and oxygen atoms in total. The van der Waals surface area contributed by atoms with Gasteiger partial charge in [-0.15, -0.1) is 0 Å². The van der Waals surface area contributed by atoms with E-state index in [4.69, 9.17) is 0 Å². The molecule has 1 saturated heterocycles. The van der Waals surface area contributed by atoms with Crippen LogP contribution in [-0.2, 0) is 11.2 Å². The van der Waals surface area contributed by atoms with E-state index in [-0.39, 0.29) is 6.04 Å². The van der Waals surface area contributed by atoms with Crippen molar-refractivity contribution in [3.63, 3.8) is 0 Å². The molecule has 2 atom stereocenters. The molecule has 0 aromatic heterocycles. The first-order valence-electron chi connectivity index (χ1n) is 7.84. The Bertz CT molecular complexity index is 418. The molecule has 1 aliphatic heterocycles. The Morgan fingerprint density at radius 3 is 2.70 bits per heavy atom. The van der Waals surface area contributed by atoms with Crippen molar-refractivity contribution in [2.24, 2.45) is 0 Å². The smallest absolute Gasteiger partial charge is 0.241 e. The van der Waals surface area contributed by atoms with E-state index in [1.54, 1.807) is 0 Å². The Morgan fingerprint density at radius 2 is 2.05 bits per heavy atom. The van der Waals surface area contributed by atoms with Crippen molar-refractivity contribution in [1.82, 2.24) is 10.2 Å². The Kier molecular flexibility index (Phi) is 5.60. The second kappa shape index (κ2) is 7.44. The van der Waals surface area contributed by atoms with Crippen LogP contribution in [0, 0.1) is 0 Å². The lowest BCUT2D eigenvalue weighted by molar-refractivity contribution is -0.131. The third-order valence-corrected chi connectivity index (χ3v) is 4.19. The van der Waals surface area contributed by atoms with Crippen LogP contribution < -0.4 is 5.32 Å². The molecule has 0 saturated carbocycles. The molecular weight excluding hydrogens is 248 g/mol. The van der Waals surface area contributed by atoms with Gasteiger partial charge in [0.05, 0.1) is 12.7 Å². The van der Waals surface area contributed by atoms with Gasteiger partial charge < -0.3 is 4.90 Å². The van der Waals surface area contributed by atoms with Gasteiger partial charge in [0.25, 0.3) is 0 Å². The predicted molar refractivity (Wildman–Crippen MR) is 82.4 cm³/mol. The highest BCUT2D eigenvalue weighted by Crippen LogP contribution is 2.18. The molecular formula is C17H26N2O. The number of rotatable bonds is 7. The Balaban J connectivity index is 1.87. The van der Waals surface area contributed by atoms with Crippen molar-refractivity contribution in [1.29, 1.82) is 0 Å². The van der Waals surface area contributed by atoms with E-state index in [1.165, 1.54) is 5.56 Å². The highest BCUT2D eigenvalue weighted by molar-refractivity contribution is 5.84. The third kappa shape index (κ3) is 3.60. The maximum Gasteiger partial charge on any atom is 0.241 e. The van der Waals surface area contributed by atoms with E-state index < -0.39 is 0 Å². The summed E-state index contributed by atoms with van der Waals surface area (Å²) in [6.45, 7) is 5.07. The van der Waals surface area contributed by atoms with Crippen molar-refractivity contribution in [3.8, 4) is 0 Å². The number of hydrogen-bond donors (Lipinski definition) is 1. The summed E-state index contributed by atoms with van der Waals surface area (Å²) in [5.41, 5.74) is 1.31. The van der Waals surface area contributed by atoms with Crippen LogP contribution in [0.4, 0.5) is 0 Å². The summed E-state index contributed by atoms with van der Waals surface area (Å²) >= 11 is 0. The van der Waals surface area contributed by atoms with Crippen molar-refractivity contribution in [3.05, 3.63) is 35.9 Å². The Labute approximate surface area is 122 Å². The zero-order valence-electron chi connectivity index (χ0n) is 12.6. The number of nitrogens with one attached hydrogen (secondary N) is 1. The molecule has 1 N–H and O–H groups in total. The maximum atomic E-state index is 12.5. The molecule has 0 aliphatic carbocycles. The topological polar surface area (TPSA) is 32.3 Å². The fourth-order valence-corrected chi connectivity index (χ4v) is 2.98. The van der Waals surface area contributed by atoms with E-state index in [9.17, 15) is 4.79 Å². The van der Waals surface area contributed by atoms with Crippen LogP contribution in [0.15, 0.2) is 30.3 Å². The van der Waals surface area contributed by atoms with E-state index in [0.29, 0.717) is 11.9 Å². The van der Waals surface area contributed by atoms with Gasteiger partial charge in [-0.3, -0.25) is 10.1 Å². The molecule has 1 aromatic rings. The fourth-order valence-electron chi connectivity index (χ4n) is 2.98. The zero-order valence-corrected chi connectivity index (χ0v) is 12.6. The molecule has 0 radical (unpaired) electrons. The molecule has 0 bridgehead atoms. The predicted octanol–water partition coefficient (Wildman–Crippen LogP) is 2.96. The van der Waals surface area contributed by atoms with Gasteiger partial charge in [0.15, 0.2) is 0 Å². The number of nitrogens with zero attached hydrogens (tertiary/aromatic N) is 1. The number of carbonyl (C=O) groups excluding carboxylic acids is 1. The van der Waals surface area contributed by atoms with Crippen molar-refractivity contribution in [2.75, 3.05) is 6.67 Å². The van der Waals surface area contributed by atoms with E-state index in [1.807, 2.05) is 11.0 Å². The highest BCUT2D eigenvalue weighted by Gasteiger charge is 2.33. The van der Waals surface area contributed by atoms with Crippen LogP contribution in [-0.4, -0.2) is 29.6 Å². The minimum atomic E-state index is 0.00103. The first-order valence-corrected chi connectivity index (χ1v) is 7.84. The molecule has 20 heavy (non-hydrogen) atoms.